The molecule has 3 aromatic rings. The SMILES string of the molecule is C=C/C=C(\C=C)c1ccc(N(c2cc(Br)cc3c2C(C)(C)C(C=C)=C3/C=C\C)c2c(O)c(O)c(O)c(O)c2O)cc1. The number of anilines is 3. The van der Waals surface area contributed by atoms with E-state index in [1.807, 2.05) is 55.5 Å². The van der Waals surface area contributed by atoms with Gasteiger partial charge in [-0.05, 0) is 64.6 Å². The average Bonchev–Trinajstić information content (AvgIpc) is 3.16. The van der Waals surface area contributed by atoms with Crippen LogP contribution < -0.4 is 4.90 Å². The van der Waals surface area contributed by atoms with Crippen molar-refractivity contribution >= 4 is 44.1 Å². The number of phenols is 5. The van der Waals surface area contributed by atoms with Crippen LogP contribution in [0.1, 0.15) is 37.5 Å². The number of hydrogen-bond donors (Lipinski definition) is 5. The topological polar surface area (TPSA) is 104 Å². The van der Waals surface area contributed by atoms with E-state index in [4.69, 9.17) is 0 Å². The van der Waals surface area contributed by atoms with Crippen molar-refractivity contribution in [2.24, 2.45) is 0 Å². The molecule has 0 heterocycles. The third kappa shape index (κ3) is 4.72. The smallest absolute Gasteiger partial charge is 0.208 e. The summed E-state index contributed by atoms with van der Waals surface area (Å²) in [7, 11) is 0. The van der Waals surface area contributed by atoms with Crippen molar-refractivity contribution in [2.45, 2.75) is 26.2 Å². The molecule has 7 heteroatoms. The number of nitrogens with zero attached hydrogens (tertiary/aromatic N) is 1. The van der Waals surface area contributed by atoms with Crippen LogP contribution in [-0.2, 0) is 5.41 Å². The zero-order chi connectivity index (χ0) is 30.2. The summed E-state index contributed by atoms with van der Waals surface area (Å²) in [6.07, 6.45) is 11.0. The third-order valence-electron chi connectivity index (χ3n) is 7.28. The van der Waals surface area contributed by atoms with Gasteiger partial charge in [0.1, 0.15) is 5.69 Å². The molecule has 210 valence electrons. The van der Waals surface area contributed by atoms with Gasteiger partial charge >= 0.3 is 0 Å². The van der Waals surface area contributed by atoms with Gasteiger partial charge in [-0.2, -0.15) is 0 Å². The quantitative estimate of drug-likeness (QED) is 0.0986. The second-order valence-corrected chi connectivity index (χ2v) is 11.0. The number of allylic oxidation sites excluding steroid dienone is 9. The molecule has 0 bridgehead atoms. The molecule has 0 radical (unpaired) electrons. The normalized spacial score (nSPS) is 14.3. The van der Waals surface area contributed by atoms with Gasteiger partial charge in [-0.15, -0.1) is 0 Å². The van der Waals surface area contributed by atoms with Crippen molar-refractivity contribution in [1.82, 2.24) is 0 Å². The van der Waals surface area contributed by atoms with E-state index in [0.717, 1.165) is 33.4 Å². The van der Waals surface area contributed by atoms with Crippen LogP contribution in [-0.4, -0.2) is 25.5 Å². The first-order chi connectivity index (χ1) is 19.4. The molecule has 0 atom stereocenters. The number of hydrogen-bond acceptors (Lipinski definition) is 6. The Kier molecular flexibility index (Phi) is 7.95. The monoisotopic (exact) mass is 613 g/mol. The Balaban J connectivity index is 2.14. The van der Waals surface area contributed by atoms with Crippen molar-refractivity contribution in [2.75, 3.05) is 4.90 Å². The number of halogens is 1. The van der Waals surface area contributed by atoms with Crippen LogP contribution in [0.25, 0.3) is 11.1 Å². The lowest BCUT2D eigenvalue weighted by Gasteiger charge is -2.33. The molecule has 0 saturated carbocycles. The first-order valence-corrected chi connectivity index (χ1v) is 13.6. The zero-order valence-corrected chi connectivity index (χ0v) is 24.7. The Bertz CT molecular complexity index is 1650. The number of benzene rings is 3. The highest BCUT2D eigenvalue weighted by Crippen LogP contribution is 2.60. The van der Waals surface area contributed by atoms with Gasteiger partial charge in [-0.1, -0.05) is 98.1 Å². The van der Waals surface area contributed by atoms with Crippen LogP contribution >= 0.6 is 15.9 Å². The van der Waals surface area contributed by atoms with Crippen molar-refractivity contribution in [3.05, 3.63) is 119 Å². The van der Waals surface area contributed by atoms with Gasteiger partial charge in [-0.25, -0.2) is 0 Å². The lowest BCUT2D eigenvalue weighted by Crippen LogP contribution is -2.22. The maximum absolute atomic E-state index is 11.1. The minimum Gasteiger partial charge on any atom is -0.503 e. The fraction of sp³-hybridized carbons (Fsp3) is 0.118. The highest BCUT2D eigenvalue weighted by molar-refractivity contribution is 9.10. The summed E-state index contributed by atoms with van der Waals surface area (Å²) in [6, 6.07) is 11.1. The minimum atomic E-state index is -1.03. The molecule has 41 heavy (non-hydrogen) atoms. The van der Waals surface area contributed by atoms with Crippen molar-refractivity contribution < 1.29 is 25.5 Å². The molecule has 3 aromatic carbocycles. The standard InChI is InChI=1S/C34H32BrNO5/c1-7-11-19(9-3)20-13-15-22(16-14-20)36(28-29(37)31(39)33(41)32(40)30(28)38)26-18-21(35)17-24-23(12-8-2)25(10-4)34(5,6)27(24)26/h7-18,37-41H,1,3-4H2,2,5-6H3/b12-8-,19-11+. The molecule has 6 nitrogen and oxygen atoms in total. The van der Waals surface area contributed by atoms with Crippen LogP contribution in [0.2, 0.25) is 0 Å². The van der Waals surface area contributed by atoms with E-state index in [0.29, 0.717) is 15.8 Å². The Morgan fingerprint density at radius 3 is 1.98 bits per heavy atom. The summed E-state index contributed by atoms with van der Waals surface area (Å²) < 4.78 is 0.713. The fourth-order valence-corrected chi connectivity index (χ4v) is 5.90. The maximum Gasteiger partial charge on any atom is 0.208 e. The summed E-state index contributed by atoms with van der Waals surface area (Å²) in [6.45, 7) is 17.7. The van der Waals surface area contributed by atoms with Gasteiger partial charge < -0.3 is 30.4 Å². The van der Waals surface area contributed by atoms with Gasteiger partial charge in [0.15, 0.2) is 11.5 Å². The molecular formula is C34H32BrNO5. The van der Waals surface area contributed by atoms with Crippen molar-refractivity contribution in [1.29, 1.82) is 0 Å². The van der Waals surface area contributed by atoms with Crippen molar-refractivity contribution in [3.8, 4) is 28.7 Å². The molecule has 4 rings (SSSR count). The Hall–Kier alpha value is -4.62. The summed E-state index contributed by atoms with van der Waals surface area (Å²) in [5.74, 6) is -4.59. The van der Waals surface area contributed by atoms with E-state index < -0.39 is 34.2 Å². The number of phenolic OH excluding ortho intramolecular Hbond substituents is 5. The molecule has 1 aliphatic rings. The number of aromatic hydroxyl groups is 5. The first kappa shape index (κ1) is 29.4. The number of rotatable bonds is 8. The van der Waals surface area contributed by atoms with Crippen LogP contribution in [0.4, 0.5) is 17.1 Å². The Morgan fingerprint density at radius 1 is 0.878 bits per heavy atom. The third-order valence-corrected chi connectivity index (χ3v) is 7.74. The van der Waals surface area contributed by atoms with E-state index in [-0.39, 0.29) is 5.69 Å². The van der Waals surface area contributed by atoms with Gasteiger partial charge in [0.05, 0.1) is 5.69 Å². The summed E-state index contributed by atoms with van der Waals surface area (Å²) >= 11 is 3.63. The lowest BCUT2D eigenvalue weighted by molar-refractivity contribution is 0.329. The summed E-state index contributed by atoms with van der Waals surface area (Å²) in [5.41, 5.74) is 5.55. The zero-order valence-electron chi connectivity index (χ0n) is 23.1. The molecule has 0 aliphatic heterocycles. The van der Waals surface area contributed by atoms with E-state index in [1.54, 1.807) is 29.2 Å². The fourth-order valence-electron chi connectivity index (χ4n) is 5.45. The molecule has 0 aromatic heterocycles. The van der Waals surface area contributed by atoms with Crippen LogP contribution in [0.3, 0.4) is 0 Å². The van der Waals surface area contributed by atoms with Gasteiger partial charge in [0, 0.05) is 15.6 Å². The second kappa shape index (κ2) is 11.1. The number of fused-ring (bicyclic) bond motifs is 1. The molecule has 0 spiro atoms. The van der Waals surface area contributed by atoms with Crippen LogP contribution in [0.15, 0.2) is 103 Å². The van der Waals surface area contributed by atoms with E-state index in [2.05, 4.69) is 49.5 Å². The predicted octanol–water partition coefficient (Wildman–Crippen LogP) is 9.01. The van der Waals surface area contributed by atoms with Gasteiger partial charge in [-0.3, -0.25) is 0 Å². The first-order valence-electron chi connectivity index (χ1n) is 12.8. The van der Waals surface area contributed by atoms with Gasteiger partial charge in [0.25, 0.3) is 0 Å². The molecule has 0 amide bonds. The summed E-state index contributed by atoms with van der Waals surface area (Å²) in [5, 5.41) is 53.4. The Morgan fingerprint density at radius 2 is 1.46 bits per heavy atom. The molecule has 0 fully saturated rings. The second-order valence-electron chi connectivity index (χ2n) is 10.0. The highest BCUT2D eigenvalue weighted by atomic mass is 79.9. The molecular weight excluding hydrogens is 582 g/mol. The largest absolute Gasteiger partial charge is 0.503 e. The van der Waals surface area contributed by atoms with E-state index >= 15 is 0 Å². The van der Waals surface area contributed by atoms with Crippen molar-refractivity contribution in [3.63, 3.8) is 0 Å². The molecule has 0 saturated heterocycles. The predicted molar refractivity (Wildman–Crippen MR) is 170 cm³/mol. The average molecular weight is 615 g/mol. The van der Waals surface area contributed by atoms with Crippen LogP contribution in [0.5, 0.6) is 28.7 Å². The summed E-state index contributed by atoms with van der Waals surface area (Å²) in [4.78, 5) is 1.54. The minimum absolute atomic E-state index is 0.313. The van der Waals surface area contributed by atoms with Crippen LogP contribution in [0, 0.1) is 0 Å². The Labute approximate surface area is 248 Å². The molecule has 1 aliphatic carbocycles. The highest BCUT2D eigenvalue weighted by Gasteiger charge is 2.40. The lowest BCUT2D eigenvalue weighted by atomic mass is 9.80. The van der Waals surface area contributed by atoms with Gasteiger partial charge in [0.2, 0.25) is 17.2 Å². The van der Waals surface area contributed by atoms with E-state index in [1.165, 1.54) is 0 Å². The van der Waals surface area contributed by atoms with E-state index in [9.17, 15) is 25.5 Å². The molecule has 5 N–H and O–H groups in total. The maximum atomic E-state index is 11.1. The molecule has 0 unspecified atom stereocenters.